The van der Waals surface area contributed by atoms with E-state index in [-0.39, 0.29) is 20.1 Å². The van der Waals surface area contributed by atoms with Gasteiger partial charge in [0.15, 0.2) is 6.10 Å². The molecule has 5 N–H and O–H groups in total. The van der Waals surface area contributed by atoms with Crippen LogP contribution in [0.2, 0.25) is 0 Å². The summed E-state index contributed by atoms with van der Waals surface area (Å²) in [7, 11) is 1.57. The molecule has 0 bridgehead atoms. The molecule has 8 nitrogen and oxygen atoms in total. The number of aliphatic hydroxyl groups excluding tert-OH is 3. The summed E-state index contributed by atoms with van der Waals surface area (Å²) in [6, 6.07) is 5.39. The number of methoxy groups -OCH3 is 1. The summed E-state index contributed by atoms with van der Waals surface area (Å²) in [6.45, 7) is 0.285. The molecule has 1 aliphatic heterocycles. The molecule has 8 heteroatoms. The minimum Gasteiger partial charge on any atom is -0.479 e. The molecule has 0 saturated carbocycles. The van der Waals surface area contributed by atoms with Crippen molar-refractivity contribution in [2.75, 3.05) is 19.5 Å². The van der Waals surface area contributed by atoms with Gasteiger partial charge in [0.1, 0.15) is 18.3 Å². The fraction of sp³-hybridized carbons (Fsp3) is 0.562. The Labute approximate surface area is 141 Å². The molecule has 1 heterocycles. The van der Waals surface area contributed by atoms with Crippen LogP contribution in [-0.2, 0) is 27.3 Å². The van der Waals surface area contributed by atoms with Gasteiger partial charge in [-0.3, -0.25) is 0 Å². The quantitative estimate of drug-likeness (QED) is 0.461. The van der Waals surface area contributed by atoms with E-state index in [1.165, 1.54) is 0 Å². The minimum atomic E-state index is -1.70. The average molecular weight is 342 g/mol. The number of carboxylic acids is 1. The highest BCUT2D eigenvalue weighted by Crippen LogP contribution is 2.27. The Bertz CT molecular complexity index is 600. The van der Waals surface area contributed by atoms with E-state index in [2.05, 4.69) is 5.32 Å². The molecule has 1 fully saturated rings. The summed E-state index contributed by atoms with van der Waals surface area (Å²) in [5.41, 5.74) is 2.33. The maximum Gasteiger partial charge on any atom is 0.335 e. The van der Waals surface area contributed by atoms with Gasteiger partial charge in [-0.25, -0.2) is 4.79 Å². The number of nitrogens with one attached hydrogen (secondary N) is 1. The van der Waals surface area contributed by atoms with Gasteiger partial charge >= 0.3 is 5.97 Å². The van der Waals surface area contributed by atoms with Crippen molar-refractivity contribution in [1.29, 1.82) is 0 Å². The number of rotatable bonds is 6. The molecule has 0 aromatic heterocycles. The molecule has 0 spiro atoms. The van der Waals surface area contributed by atoms with E-state index >= 15 is 0 Å². The molecule has 1 saturated heterocycles. The molecule has 2 rings (SSSR count). The van der Waals surface area contributed by atoms with Crippen LogP contribution in [-0.4, -0.2) is 71.0 Å². The number of hydrogen-bond acceptors (Lipinski definition) is 7. The van der Waals surface area contributed by atoms with Crippen LogP contribution in [0.4, 0.5) is 5.69 Å². The number of hydrogen-bond donors (Lipinski definition) is 5. The van der Waals surface area contributed by atoms with Gasteiger partial charge in [0.25, 0.3) is 0 Å². The lowest BCUT2D eigenvalue weighted by molar-refractivity contribution is -0.227. The first-order valence-electron chi connectivity index (χ1n) is 8.18. The summed E-state index contributed by atoms with van der Waals surface area (Å²) in [4.78, 5) is 11.2. The summed E-state index contributed by atoms with van der Waals surface area (Å²) in [5, 5.41) is 41.8. The van der Waals surface area contributed by atoms with Gasteiger partial charge in [0.05, 0.1) is 14.1 Å². The van der Waals surface area contributed by atoms with Crippen molar-refractivity contribution in [2.45, 2.75) is 43.5 Å². The molecule has 1 aliphatic rings. The smallest absolute Gasteiger partial charge is 0.335 e. The van der Waals surface area contributed by atoms with Gasteiger partial charge in [0, 0.05) is 26.2 Å². The first kappa shape index (κ1) is 17.1. The van der Waals surface area contributed by atoms with E-state index in [9.17, 15) is 20.1 Å². The second-order valence-corrected chi connectivity index (χ2v) is 5.70. The Kier molecular flexibility index (Phi) is 5.64. The largest absolute Gasteiger partial charge is 0.479 e. The second kappa shape index (κ2) is 7.91. The molecule has 0 amide bonds. The third-order valence-corrected chi connectivity index (χ3v) is 4.09. The van der Waals surface area contributed by atoms with Crippen molar-refractivity contribution in [3.8, 4) is 0 Å². The zero-order valence-corrected chi connectivity index (χ0v) is 13.3. The molecule has 0 aliphatic carbocycles. The fourth-order valence-corrected chi connectivity index (χ4v) is 2.78. The predicted molar refractivity (Wildman–Crippen MR) is 84.7 cm³/mol. The summed E-state index contributed by atoms with van der Waals surface area (Å²) in [5.74, 6) is -1.40. The first-order chi connectivity index (χ1) is 11.9. The maximum absolute atomic E-state index is 11.2. The van der Waals surface area contributed by atoms with Crippen molar-refractivity contribution in [2.24, 2.45) is 0 Å². The zero-order valence-electron chi connectivity index (χ0n) is 14.3. The van der Waals surface area contributed by atoms with Crippen LogP contribution in [0.1, 0.15) is 12.5 Å². The standard InChI is InChI=1S/C16H23NO7/c1-17-10-5-8(7-23-2)3-4-9(10)6-11-12(18)13(19)14(20)15(24-11)16(21)22/h3-5,11-15,17-20H,6-7H2,1-2H3,(H,21,22)/i2D. The lowest BCUT2D eigenvalue weighted by Gasteiger charge is -2.39. The van der Waals surface area contributed by atoms with Gasteiger partial charge in [-0.05, 0) is 17.2 Å². The van der Waals surface area contributed by atoms with E-state index in [1.54, 1.807) is 19.2 Å². The molecule has 24 heavy (non-hydrogen) atoms. The zero-order chi connectivity index (χ0) is 18.6. The number of aliphatic carboxylic acids is 1. The minimum absolute atomic E-state index is 0.143. The highest BCUT2D eigenvalue weighted by molar-refractivity contribution is 5.73. The Morgan fingerprint density at radius 3 is 2.71 bits per heavy atom. The van der Waals surface area contributed by atoms with Crippen LogP contribution in [0.15, 0.2) is 18.2 Å². The number of carboxylic acid groups (broad SMARTS) is 1. The van der Waals surface area contributed by atoms with E-state index in [0.29, 0.717) is 0 Å². The van der Waals surface area contributed by atoms with Crippen molar-refractivity contribution in [3.63, 3.8) is 0 Å². The predicted octanol–water partition coefficient (Wildman–Crippen LogP) is -0.648. The summed E-state index contributed by atoms with van der Waals surface area (Å²) >= 11 is 0. The van der Waals surface area contributed by atoms with Gasteiger partial charge < -0.3 is 35.2 Å². The molecule has 5 atom stereocenters. The van der Waals surface area contributed by atoms with Crippen LogP contribution in [0, 0.1) is 0 Å². The van der Waals surface area contributed by atoms with Crippen molar-refractivity contribution in [1.82, 2.24) is 0 Å². The van der Waals surface area contributed by atoms with Crippen LogP contribution < -0.4 is 5.32 Å². The molecule has 1 aromatic carbocycles. The topological polar surface area (TPSA) is 128 Å². The second-order valence-electron chi connectivity index (χ2n) is 5.70. The molecule has 1 aromatic rings. The lowest BCUT2D eigenvalue weighted by atomic mass is 9.91. The van der Waals surface area contributed by atoms with Crippen LogP contribution in [0.25, 0.3) is 0 Å². The Morgan fingerprint density at radius 2 is 2.08 bits per heavy atom. The highest BCUT2D eigenvalue weighted by atomic mass is 16.6. The number of benzene rings is 1. The molecule has 5 unspecified atom stereocenters. The number of ether oxygens (including phenoxy) is 2. The van der Waals surface area contributed by atoms with Gasteiger partial charge in [-0.1, -0.05) is 12.1 Å². The van der Waals surface area contributed by atoms with E-state index in [0.717, 1.165) is 16.8 Å². The van der Waals surface area contributed by atoms with Crippen LogP contribution >= 0.6 is 0 Å². The van der Waals surface area contributed by atoms with Crippen molar-refractivity contribution in [3.05, 3.63) is 29.3 Å². The van der Waals surface area contributed by atoms with E-state index in [1.807, 2.05) is 6.07 Å². The molecular weight excluding hydrogens is 318 g/mol. The monoisotopic (exact) mass is 342 g/mol. The van der Waals surface area contributed by atoms with Gasteiger partial charge in [-0.15, -0.1) is 0 Å². The number of anilines is 1. The Morgan fingerprint density at radius 1 is 1.33 bits per heavy atom. The van der Waals surface area contributed by atoms with Crippen LogP contribution in [0.3, 0.4) is 0 Å². The maximum atomic E-state index is 11.2. The van der Waals surface area contributed by atoms with Crippen LogP contribution in [0.5, 0.6) is 0 Å². The molecule has 134 valence electrons. The first-order valence-corrected chi connectivity index (χ1v) is 7.48. The van der Waals surface area contributed by atoms with Gasteiger partial charge in [-0.2, -0.15) is 0 Å². The third kappa shape index (κ3) is 3.85. The number of aliphatic hydroxyl groups is 3. The highest BCUT2D eigenvalue weighted by Gasteiger charge is 2.46. The van der Waals surface area contributed by atoms with E-state index in [4.69, 9.17) is 16.0 Å². The van der Waals surface area contributed by atoms with E-state index < -0.39 is 36.5 Å². The fourth-order valence-electron chi connectivity index (χ4n) is 2.78. The molecule has 0 radical (unpaired) electrons. The Balaban J connectivity index is 2.18. The third-order valence-electron chi connectivity index (χ3n) is 4.09. The van der Waals surface area contributed by atoms with Crippen molar-refractivity contribution >= 4 is 11.7 Å². The SMILES string of the molecule is [2H]COCc1ccc(CC2OC(C(=O)O)C(O)C(O)C2O)c(NC)c1. The van der Waals surface area contributed by atoms with Gasteiger partial charge in [0.2, 0.25) is 0 Å². The molecular formula is C16H23NO7. The van der Waals surface area contributed by atoms with Crippen molar-refractivity contribution < 1.29 is 36.1 Å². The summed E-state index contributed by atoms with van der Waals surface area (Å²) in [6.07, 6.45) is -7.17. The Hall–Kier alpha value is -1.71. The summed E-state index contributed by atoms with van der Waals surface area (Å²) < 4.78 is 17.3. The average Bonchev–Trinajstić information content (AvgIpc) is 2.60. The lowest BCUT2D eigenvalue weighted by Crippen LogP contribution is -2.60. The number of carbonyl (C=O) groups is 1. The normalized spacial score (nSPS) is 30.7.